The fourth-order valence-electron chi connectivity index (χ4n) is 3.45. The molecule has 30 heavy (non-hydrogen) atoms. The van der Waals surface area contributed by atoms with Gasteiger partial charge in [-0.25, -0.2) is 9.67 Å². The van der Waals surface area contributed by atoms with Crippen LogP contribution in [0.3, 0.4) is 0 Å². The van der Waals surface area contributed by atoms with E-state index in [1.807, 2.05) is 12.1 Å². The molecular formula is C21H21Cl2N5O2. The molecule has 2 aromatic carbocycles. The van der Waals surface area contributed by atoms with E-state index in [2.05, 4.69) is 32.4 Å². The van der Waals surface area contributed by atoms with E-state index in [0.29, 0.717) is 12.2 Å². The van der Waals surface area contributed by atoms with Gasteiger partial charge in [0.1, 0.15) is 6.33 Å². The molecule has 0 saturated carbocycles. The highest BCUT2D eigenvalue weighted by molar-refractivity contribution is 6.37. The molecule has 0 spiro atoms. The van der Waals surface area contributed by atoms with Crippen LogP contribution in [0.4, 0.5) is 5.69 Å². The lowest BCUT2D eigenvalue weighted by atomic mass is 10.1. The van der Waals surface area contributed by atoms with Crippen molar-refractivity contribution in [1.29, 1.82) is 0 Å². The number of phenolic OH excluding ortho intramolecular Hbond substituents is 1. The highest BCUT2D eigenvalue weighted by atomic mass is 35.5. The number of rotatable bonds is 5. The number of carbonyl (C=O) groups is 1. The van der Waals surface area contributed by atoms with Crippen molar-refractivity contribution >= 4 is 34.8 Å². The average Bonchev–Trinajstić information content (AvgIpc) is 3.27. The maximum Gasteiger partial charge on any atom is 0.291 e. The first-order valence-electron chi connectivity index (χ1n) is 9.73. The molecule has 0 aliphatic carbocycles. The molecular weight excluding hydrogens is 425 g/mol. The predicted molar refractivity (Wildman–Crippen MR) is 117 cm³/mol. The summed E-state index contributed by atoms with van der Waals surface area (Å²) in [5, 5.41) is 16.9. The molecule has 7 nitrogen and oxygen atoms in total. The lowest BCUT2D eigenvalue weighted by Gasteiger charge is -2.29. The molecule has 1 aromatic heterocycles. The fourth-order valence-corrected chi connectivity index (χ4v) is 3.93. The van der Waals surface area contributed by atoms with Crippen LogP contribution in [0.2, 0.25) is 10.0 Å². The molecule has 0 radical (unpaired) electrons. The van der Waals surface area contributed by atoms with Crippen molar-refractivity contribution in [2.24, 2.45) is 0 Å². The first kappa shape index (κ1) is 20.5. The first-order chi connectivity index (χ1) is 14.5. The molecule has 1 aliphatic rings. The molecule has 3 aromatic rings. The van der Waals surface area contributed by atoms with Gasteiger partial charge >= 0.3 is 0 Å². The Balaban J connectivity index is 1.42. The smallest absolute Gasteiger partial charge is 0.291 e. The summed E-state index contributed by atoms with van der Waals surface area (Å²) in [5.41, 5.74) is 2.69. The summed E-state index contributed by atoms with van der Waals surface area (Å²) >= 11 is 11.9. The van der Waals surface area contributed by atoms with Crippen LogP contribution in [0.5, 0.6) is 5.75 Å². The first-order valence-corrected chi connectivity index (χ1v) is 10.5. The monoisotopic (exact) mass is 445 g/mol. The summed E-state index contributed by atoms with van der Waals surface area (Å²) in [5.74, 6) is -0.553. The van der Waals surface area contributed by atoms with E-state index in [-0.39, 0.29) is 27.5 Å². The number of halogens is 2. The standard InChI is InChI=1S/C21H21Cl2N5O2/c22-17-10-16(11-18(23)19(17)29)28-13-25-20(26-28)21(30)24-12-14-5-4-6-15(9-14)27-7-2-1-3-8-27/h4-6,9-11,13,29H,1-3,7-8,12H2,(H,24,30). The second-order valence-corrected chi connectivity index (χ2v) is 7.99. The van der Waals surface area contributed by atoms with E-state index in [4.69, 9.17) is 23.2 Å². The van der Waals surface area contributed by atoms with Gasteiger partial charge in [-0.2, -0.15) is 0 Å². The highest BCUT2D eigenvalue weighted by Gasteiger charge is 2.15. The van der Waals surface area contributed by atoms with Gasteiger partial charge in [0, 0.05) is 25.3 Å². The second kappa shape index (κ2) is 8.93. The van der Waals surface area contributed by atoms with Gasteiger partial charge in [-0.05, 0) is 49.1 Å². The molecule has 2 heterocycles. The number of aromatic nitrogens is 3. The maximum atomic E-state index is 12.5. The number of phenols is 1. The van der Waals surface area contributed by atoms with Crippen molar-refractivity contribution in [1.82, 2.24) is 20.1 Å². The van der Waals surface area contributed by atoms with Crippen LogP contribution in [0.15, 0.2) is 42.7 Å². The fraction of sp³-hybridized carbons (Fsp3) is 0.286. The summed E-state index contributed by atoms with van der Waals surface area (Å²) in [6.45, 7) is 2.52. The number of hydrogen-bond acceptors (Lipinski definition) is 5. The predicted octanol–water partition coefficient (Wildman–Crippen LogP) is 4.20. The molecule has 0 unspecified atom stereocenters. The van der Waals surface area contributed by atoms with E-state index < -0.39 is 0 Å². The van der Waals surface area contributed by atoms with Crippen molar-refractivity contribution in [2.75, 3.05) is 18.0 Å². The molecule has 4 rings (SSSR count). The summed E-state index contributed by atoms with van der Waals surface area (Å²) in [6.07, 6.45) is 5.11. The normalized spacial score (nSPS) is 14.0. The Morgan fingerprint density at radius 2 is 1.80 bits per heavy atom. The molecule has 0 atom stereocenters. The Morgan fingerprint density at radius 3 is 2.53 bits per heavy atom. The minimum Gasteiger partial charge on any atom is -0.505 e. The Kier molecular flexibility index (Phi) is 6.11. The molecule has 1 saturated heterocycles. The largest absolute Gasteiger partial charge is 0.505 e. The molecule has 0 bridgehead atoms. The number of benzene rings is 2. The van der Waals surface area contributed by atoms with Gasteiger partial charge in [0.25, 0.3) is 5.91 Å². The average molecular weight is 446 g/mol. The maximum absolute atomic E-state index is 12.5. The molecule has 2 N–H and O–H groups in total. The van der Waals surface area contributed by atoms with Crippen LogP contribution < -0.4 is 10.2 Å². The SMILES string of the molecule is O=C(NCc1cccc(N2CCCCC2)c1)c1ncn(-c2cc(Cl)c(O)c(Cl)c2)n1. The number of nitrogens with one attached hydrogen (secondary N) is 1. The summed E-state index contributed by atoms with van der Waals surface area (Å²) in [4.78, 5) is 18.9. The summed E-state index contributed by atoms with van der Waals surface area (Å²) in [6, 6.07) is 11.2. The van der Waals surface area contributed by atoms with Gasteiger partial charge in [0.2, 0.25) is 5.82 Å². The van der Waals surface area contributed by atoms with Crippen molar-refractivity contribution in [3.63, 3.8) is 0 Å². The lowest BCUT2D eigenvalue weighted by molar-refractivity contribution is 0.0940. The van der Waals surface area contributed by atoms with Crippen LogP contribution >= 0.6 is 23.2 Å². The van der Waals surface area contributed by atoms with Gasteiger partial charge in [-0.3, -0.25) is 4.79 Å². The zero-order valence-electron chi connectivity index (χ0n) is 16.2. The van der Waals surface area contributed by atoms with Gasteiger partial charge in [0.15, 0.2) is 5.75 Å². The van der Waals surface area contributed by atoms with E-state index >= 15 is 0 Å². The van der Waals surface area contributed by atoms with E-state index in [9.17, 15) is 9.90 Å². The number of nitrogens with zero attached hydrogens (tertiary/aromatic N) is 4. The lowest BCUT2D eigenvalue weighted by Crippen LogP contribution is -2.29. The number of aromatic hydroxyl groups is 1. The van der Waals surface area contributed by atoms with Crippen molar-refractivity contribution < 1.29 is 9.90 Å². The molecule has 1 amide bonds. The van der Waals surface area contributed by atoms with Gasteiger partial charge in [0.05, 0.1) is 15.7 Å². The Bertz CT molecular complexity index is 1040. The quantitative estimate of drug-likeness (QED) is 0.614. The van der Waals surface area contributed by atoms with Gasteiger partial charge < -0.3 is 15.3 Å². The zero-order chi connectivity index (χ0) is 21.1. The minimum absolute atomic E-state index is 0.0301. The third-order valence-corrected chi connectivity index (χ3v) is 5.62. The number of amides is 1. The number of piperidine rings is 1. The van der Waals surface area contributed by atoms with Gasteiger partial charge in [-0.15, -0.1) is 5.10 Å². The Morgan fingerprint density at radius 1 is 1.07 bits per heavy atom. The van der Waals surface area contributed by atoms with Crippen LogP contribution in [-0.2, 0) is 6.54 Å². The minimum atomic E-state index is -0.381. The zero-order valence-corrected chi connectivity index (χ0v) is 17.7. The molecule has 1 fully saturated rings. The van der Waals surface area contributed by atoms with E-state index in [0.717, 1.165) is 18.7 Å². The van der Waals surface area contributed by atoms with Gasteiger partial charge in [-0.1, -0.05) is 35.3 Å². The summed E-state index contributed by atoms with van der Waals surface area (Å²) < 4.78 is 1.38. The number of anilines is 1. The van der Waals surface area contributed by atoms with E-state index in [1.165, 1.54) is 48.1 Å². The topological polar surface area (TPSA) is 83.3 Å². The van der Waals surface area contributed by atoms with Crippen LogP contribution in [0, 0.1) is 0 Å². The van der Waals surface area contributed by atoms with Crippen molar-refractivity contribution in [3.05, 3.63) is 64.2 Å². The summed E-state index contributed by atoms with van der Waals surface area (Å²) in [7, 11) is 0. The van der Waals surface area contributed by atoms with E-state index in [1.54, 1.807) is 0 Å². The highest BCUT2D eigenvalue weighted by Crippen LogP contribution is 2.33. The van der Waals surface area contributed by atoms with Crippen LogP contribution in [-0.4, -0.2) is 38.9 Å². The van der Waals surface area contributed by atoms with Crippen LogP contribution in [0.25, 0.3) is 5.69 Å². The third kappa shape index (κ3) is 4.52. The molecule has 156 valence electrons. The Labute approximate surface area is 184 Å². The van der Waals surface area contributed by atoms with Crippen molar-refractivity contribution in [3.8, 4) is 11.4 Å². The molecule has 9 heteroatoms. The van der Waals surface area contributed by atoms with Crippen molar-refractivity contribution in [2.45, 2.75) is 25.8 Å². The number of hydrogen-bond donors (Lipinski definition) is 2. The number of carbonyl (C=O) groups excluding carboxylic acids is 1. The second-order valence-electron chi connectivity index (χ2n) is 7.17. The third-order valence-electron chi connectivity index (χ3n) is 5.05. The Hall–Kier alpha value is -2.77. The van der Waals surface area contributed by atoms with Crippen LogP contribution in [0.1, 0.15) is 35.4 Å². The molecule has 1 aliphatic heterocycles.